The van der Waals surface area contributed by atoms with E-state index in [2.05, 4.69) is 27.4 Å². The minimum absolute atomic E-state index is 0.0291. The lowest BCUT2D eigenvalue weighted by Gasteiger charge is -2.01. The maximum absolute atomic E-state index is 11.9. The molecule has 6 heteroatoms. The van der Waals surface area contributed by atoms with E-state index >= 15 is 0 Å². The van der Waals surface area contributed by atoms with Gasteiger partial charge in [-0.15, -0.1) is 11.3 Å². The monoisotopic (exact) mass is 329 g/mol. The van der Waals surface area contributed by atoms with E-state index in [0.717, 1.165) is 27.9 Å². The van der Waals surface area contributed by atoms with E-state index in [9.17, 15) is 4.79 Å². The van der Waals surface area contributed by atoms with Crippen molar-refractivity contribution in [3.63, 3.8) is 0 Å². The van der Waals surface area contributed by atoms with E-state index in [1.807, 2.05) is 24.4 Å². The second kappa shape index (κ2) is 6.93. The number of aryl methyl sites for hydroxylation is 1. The molecular formula is C17H19N3O2S. The number of hydrogen-bond donors (Lipinski definition) is 2. The molecule has 1 aromatic carbocycles. The molecule has 2 N–H and O–H groups in total. The number of methoxy groups -OCH3 is 1. The van der Waals surface area contributed by atoms with Gasteiger partial charge >= 0.3 is 0 Å². The number of carbonyl (C=O) groups is 1. The zero-order valence-electron chi connectivity index (χ0n) is 13.2. The van der Waals surface area contributed by atoms with Crippen LogP contribution in [-0.4, -0.2) is 29.6 Å². The van der Waals surface area contributed by atoms with Crippen molar-refractivity contribution in [3.8, 4) is 11.3 Å². The summed E-state index contributed by atoms with van der Waals surface area (Å²) in [5.74, 6) is -0.0291. The van der Waals surface area contributed by atoms with Crippen molar-refractivity contribution >= 4 is 33.3 Å². The van der Waals surface area contributed by atoms with Crippen LogP contribution in [0.15, 0.2) is 29.6 Å². The number of para-hydroxylation sites is 1. The van der Waals surface area contributed by atoms with E-state index in [-0.39, 0.29) is 5.91 Å². The number of ether oxygens (including phenoxy) is 1. The Morgan fingerprint density at radius 2 is 2.22 bits per heavy atom. The van der Waals surface area contributed by atoms with Gasteiger partial charge in [0.25, 0.3) is 0 Å². The van der Waals surface area contributed by atoms with E-state index in [1.165, 1.54) is 11.3 Å². The number of fused-ring (bicyclic) bond motifs is 1. The highest BCUT2D eigenvalue weighted by molar-refractivity contribution is 7.14. The molecule has 3 rings (SSSR count). The fraction of sp³-hybridized carbons (Fsp3) is 0.294. The standard InChI is InChI=1S/C17H19N3O2S/c1-11-16(12-6-3-4-7-13(12)18-11)14-10-23-17(19-14)20-15(21)8-5-9-22-2/h3-4,6-7,10,18H,5,8-9H2,1-2H3,(H,19,20,21). The quantitative estimate of drug-likeness (QED) is 0.673. The molecule has 120 valence electrons. The van der Waals surface area contributed by atoms with Crippen molar-refractivity contribution in [1.29, 1.82) is 0 Å². The van der Waals surface area contributed by atoms with Crippen LogP contribution >= 0.6 is 11.3 Å². The summed E-state index contributed by atoms with van der Waals surface area (Å²) in [7, 11) is 1.63. The smallest absolute Gasteiger partial charge is 0.226 e. The van der Waals surface area contributed by atoms with Crippen LogP contribution in [0, 0.1) is 6.92 Å². The minimum atomic E-state index is -0.0291. The average Bonchev–Trinajstić information content (AvgIpc) is 3.10. The zero-order chi connectivity index (χ0) is 16.2. The van der Waals surface area contributed by atoms with Crippen LogP contribution < -0.4 is 5.32 Å². The van der Waals surface area contributed by atoms with Crippen molar-refractivity contribution in [2.24, 2.45) is 0 Å². The summed E-state index contributed by atoms with van der Waals surface area (Å²) in [6, 6.07) is 8.16. The topological polar surface area (TPSA) is 67.0 Å². The van der Waals surface area contributed by atoms with Crippen molar-refractivity contribution in [3.05, 3.63) is 35.3 Å². The van der Waals surface area contributed by atoms with Crippen molar-refractivity contribution in [2.75, 3.05) is 19.0 Å². The molecule has 0 atom stereocenters. The fourth-order valence-electron chi connectivity index (χ4n) is 2.61. The molecule has 1 amide bonds. The second-order valence-corrected chi connectivity index (χ2v) is 6.21. The number of benzene rings is 1. The third-order valence-electron chi connectivity index (χ3n) is 3.65. The normalized spacial score (nSPS) is 11.0. The van der Waals surface area contributed by atoms with Gasteiger partial charge in [-0.25, -0.2) is 4.98 Å². The largest absolute Gasteiger partial charge is 0.385 e. The predicted octanol–water partition coefficient (Wildman–Crippen LogP) is 3.96. The predicted molar refractivity (Wildman–Crippen MR) is 93.9 cm³/mol. The maximum atomic E-state index is 11.9. The molecule has 0 saturated heterocycles. The molecule has 0 fully saturated rings. The van der Waals surface area contributed by atoms with Gasteiger partial charge in [0.05, 0.1) is 5.69 Å². The van der Waals surface area contributed by atoms with Gasteiger partial charge in [0.2, 0.25) is 5.91 Å². The number of rotatable bonds is 6. The second-order valence-electron chi connectivity index (χ2n) is 5.35. The number of nitrogens with zero attached hydrogens (tertiary/aromatic N) is 1. The molecule has 0 unspecified atom stereocenters. The Hall–Kier alpha value is -2.18. The molecule has 0 aliphatic carbocycles. The molecule has 5 nitrogen and oxygen atoms in total. The first-order valence-corrected chi connectivity index (χ1v) is 8.39. The summed E-state index contributed by atoms with van der Waals surface area (Å²) >= 11 is 1.44. The molecule has 0 bridgehead atoms. The van der Waals surface area contributed by atoms with Gasteiger partial charge in [0.15, 0.2) is 5.13 Å². The third-order valence-corrected chi connectivity index (χ3v) is 4.41. The lowest BCUT2D eigenvalue weighted by atomic mass is 10.1. The minimum Gasteiger partial charge on any atom is -0.385 e. The highest BCUT2D eigenvalue weighted by atomic mass is 32.1. The molecular weight excluding hydrogens is 310 g/mol. The number of carbonyl (C=O) groups excluding carboxylic acids is 1. The van der Waals surface area contributed by atoms with Crippen molar-refractivity contribution < 1.29 is 9.53 Å². The third kappa shape index (κ3) is 3.43. The molecule has 0 aliphatic heterocycles. The number of hydrogen-bond acceptors (Lipinski definition) is 4. The van der Waals surface area contributed by atoms with Crippen LogP contribution in [0.3, 0.4) is 0 Å². The summed E-state index contributed by atoms with van der Waals surface area (Å²) in [6.07, 6.45) is 1.15. The van der Waals surface area contributed by atoms with E-state index < -0.39 is 0 Å². The van der Waals surface area contributed by atoms with Crippen LogP contribution in [0.5, 0.6) is 0 Å². The molecule has 0 radical (unpaired) electrons. The van der Waals surface area contributed by atoms with Gasteiger partial charge in [-0.2, -0.15) is 0 Å². The van der Waals surface area contributed by atoms with Gasteiger partial charge in [0.1, 0.15) is 0 Å². The number of nitrogens with one attached hydrogen (secondary N) is 2. The average molecular weight is 329 g/mol. The van der Waals surface area contributed by atoms with E-state index in [1.54, 1.807) is 7.11 Å². The zero-order valence-corrected chi connectivity index (χ0v) is 14.0. The summed E-state index contributed by atoms with van der Waals surface area (Å²) < 4.78 is 4.95. The first kappa shape index (κ1) is 15.7. The van der Waals surface area contributed by atoms with Crippen LogP contribution in [0.25, 0.3) is 22.2 Å². The van der Waals surface area contributed by atoms with E-state index in [0.29, 0.717) is 24.6 Å². The van der Waals surface area contributed by atoms with Crippen LogP contribution in [0.2, 0.25) is 0 Å². The SMILES string of the molecule is COCCCC(=O)Nc1nc(-c2c(C)[nH]c3ccccc23)cs1. The summed E-state index contributed by atoms with van der Waals surface area (Å²) in [5.41, 5.74) is 4.15. The van der Waals surface area contributed by atoms with Gasteiger partial charge in [-0.3, -0.25) is 4.79 Å². The number of aromatic amines is 1. The Morgan fingerprint density at radius 1 is 1.39 bits per heavy atom. The molecule has 0 saturated carbocycles. The molecule has 2 heterocycles. The Labute approximate surface area is 138 Å². The summed E-state index contributed by atoms with van der Waals surface area (Å²) in [6.45, 7) is 2.63. The first-order chi connectivity index (χ1) is 11.2. The van der Waals surface area contributed by atoms with Crippen molar-refractivity contribution in [1.82, 2.24) is 9.97 Å². The van der Waals surface area contributed by atoms with Crippen LogP contribution in [0.4, 0.5) is 5.13 Å². The molecule has 3 aromatic rings. The van der Waals surface area contributed by atoms with Crippen LogP contribution in [0.1, 0.15) is 18.5 Å². The van der Waals surface area contributed by atoms with Gasteiger partial charge in [-0.05, 0) is 19.4 Å². The summed E-state index contributed by atoms with van der Waals surface area (Å²) in [5, 5.41) is 6.61. The molecule has 0 aliphatic rings. The highest BCUT2D eigenvalue weighted by Crippen LogP contribution is 2.33. The Bertz CT molecular complexity index is 822. The number of H-pyrrole nitrogens is 1. The van der Waals surface area contributed by atoms with Crippen LogP contribution in [-0.2, 0) is 9.53 Å². The first-order valence-electron chi connectivity index (χ1n) is 7.51. The van der Waals surface area contributed by atoms with Gasteiger partial charge < -0.3 is 15.0 Å². The number of aromatic nitrogens is 2. The lowest BCUT2D eigenvalue weighted by Crippen LogP contribution is -2.11. The van der Waals surface area contributed by atoms with E-state index in [4.69, 9.17) is 4.74 Å². The maximum Gasteiger partial charge on any atom is 0.226 e. The van der Waals surface area contributed by atoms with Gasteiger partial charge in [0, 0.05) is 47.7 Å². The number of thiazole rings is 1. The molecule has 0 spiro atoms. The Morgan fingerprint density at radius 3 is 3.04 bits per heavy atom. The Balaban J connectivity index is 1.78. The highest BCUT2D eigenvalue weighted by Gasteiger charge is 2.14. The number of anilines is 1. The van der Waals surface area contributed by atoms with Gasteiger partial charge in [-0.1, -0.05) is 18.2 Å². The van der Waals surface area contributed by atoms with Crippen molar-refractivity contribution in [2.45, 2.75) is 19.8 Å². The molecule has 23 heavy (non-hydrogen) atoms. The number of amides is 1. The lowest BCUT2D eigenvalue weighted by molar-refractivity contribution is -0.116. The molecule has 2 aromatic heterocycles. The fourth-order valence-corrected chi connectivity index (χ4v) is 3.33. The summed E-state index contributed by atoms with van der Waals surface area (Å²) in [4.78, 5) is 19.8. The Kier molecular flexibility index (Phi) is 4.73.